The number of aryl methyl sites for hydroxylation is 1. The highest BCUT2D eigenvalue weighted by Gasteiger charge is 2.33. The Morgan fingerprint density at radius 1 is 1.22 bits per heavy atom. The summed E-state index contributed by atoms with van der Waals surface area (Å²) in [4.78, 5) is 9.41. The number of halogens is 4. The van der Waals surface area contributed by atoms with Gasteiger partial charge in [0, 0.05) is 31.9 Å². The zero-order valence-corrected chi connectivity index (χ0v) is 10.6. The van der Waals surface area contributed by atoms with Crippen molar-refractivity contribution in [3.8, 4) is 0 Å². The molecule has 1 aliphatic rings. The third-order valence-corrected chi connectivity index (χ3v) is 2.53. The van der Waals surface area contributed by atoms with Gasteiger partial charge in [0.15, 0.2) is 0 Å². The van der Waals surface area contributed by atoms with Crippen LogP contribution in [0.1, 0.15) is 11.4 Å². The van der Waals surface area contributed by atoms with Gasteiger partial charge < -0.3 is 10.2 Å². The van der Waals surface area contributed by atoms with Gasteiger partial charge >= 0.3 is 6.18 Å². The standard InChI is InChI=1S/C10H13F3N4.ClH/c1-7-6-8(10(11,12)13)16-9(15-7)17-4-2-14-3-5-17;/h6,14H,2-5H2,1H3;1H. The van der Waals surface area contributed by atoms with Gasteiger partial charge in [-0.1, -0.05) is 0 Å². The highest BCUT2D eigenvalue weighted by Crippen LogP contribution is 2.29. The van der Waals surface area contributed by atoms with Gasteiger partial charge in [-0.2, -0.15) is 13.2 Å². The van der Waals surface area contributed by atoms with E-state index in [2.05, 4.69) is 15.3 Å². The lowest BCUT2D eigenvalue weighted by Crippen LogP contribution is -2.44. The van der Waals surface area contributed by atoms with Crippen LogP contribution in [-0.4, -0.2) is 36.1 Å². The molecule has 0 aromatic carbocycles. The van der Waals surface area contributed by atoms with E-state index in [-0.39, 0.29) is 18.4 Å². The van der Waals surface area contributed by atoms with Crippen LogP contribution in [0.3, 0.4) is 0 Å². The molecule has 18 heavy (non-hydrogen) atoms. The van der Waals surface area contributed by atoms with Crippen molar-refractivity contribution < 1.29 is 13.2 Å². The number of piperazine rings is 1. The molecule has 8 heteroatoms. The smallest absolute Gasteiger partial charge is 0.338 e. The number of nitrogens with one attached hydrogen (secondary N) is 1. The minimum absolute atomic E-state index is 0. The molecule has 0 bridgehead atoms. The first-order valence-corrected chi connectivity index (χ1v) is 5.35. The molecule has 0 aliphatic carbocycles. The Balaban J connectivity index is 0.00000162. The first-order valence-electron chi connectivity index (χ1n) is 5.35. The third kappa shape index (κ3) is 3.46. The van der Waals surface area contributed by atoms with Gasteiger partial charge in [0.05, 0.1) is 0 Å². The van der Waals surface area contributed by atoms with Crippen molar-refractivity contribution in [3.05, 3.63) is 17.5 Å². The summed E-state index contributed by atoms with van der Waals surface area (Å²) >= 11 is 0. The van der Waals surface area contributed by atoms with Crippen molar-refractivity contribution in [2.24, 2.45) is 0 Å². The number of anilines is 1. The molecule has 0 radical (unpaired) electrons. The fourth-order valence-electron chi connectivity index (χ4n) is 1.70. The lowest BCUT2D eigenvalue weighted by Gasteiger charge is -2.27. The van der Waals surface area contributed by atoms with Crippen LogP contribution < -0.4 is 10.2 Å². The number of nitrogens with zero attached hydrogens (tertiary/aromatic N) is 3. The molecule has 1 saturated heterocycles. The van der Waals surface area contributed by atoms with Crippen molar-refractivity contribution in [3.63, 3.8) is 0 Å². The van der Waals surface area contributed by atoms with E-state index in [1.54, 1.807) is 11.8 Å². The van der Waals surface area contributed by atoms with E-state index in [0.717, 1.165) is 19.2 Å². The molecular formula is C10H14ClF3N4. The molecule has 2 rings (SSSR count). The quantitative estimate of drug-likeness (QED) is 0.850. The molecule has 0 spiro atoms. The zero-order chi connectivity index (χ0) is 12.5. The van der Waals surface area contributed by atoms with Gasteiger partial charge in [-0.15, -0.1) is 12.4 Å². The highest BCUT2D eigenvalue weighted by molar-refractivity contribution is 5.85. The molecule has 102 valence electrons. The molecule has 1 aromatic rings. The maximum absolute atomic E-state index is 12.6. The fraction of sp³-hybridized carbons (Fsp3) is 0.600. The maximum Gasteiger partial charge on any atom is 0.433 e. The summed E-state index contributed by atoms with van der Waals surface area (Å²) in [6, 6.07) is 0.964. The van der Waals surface area contributed by atoms with Crippen LogP contribution in [0.2, 0.25) is 0 Å². The van der Waals surface area contributed by atoms with E-state index < -0.39 is 11.9 Å². The molecule has 2 heterocycles. The number of alkyl halides is 3. The summed E-state index contributed by atoms with van der Waals surface area (Å²) in [5.41, 5.74) is -0.542. The van der Waals surface area contributed by atoms with Crippen LogP contribution in [0, 0.1) is 6.92 Å². The van der Waals surface area contributed by atoms with E-state index in [1.807, 2.05) is 0 Å². The van der Waals surface area contributed by atoms with Crippen molar-refractivity contribution in [2.45, 2.75) is 13.1 Å². The van der Waals surface area contributed by atoms with E-state index in [4.69, 9.17) is 0 Å². The summed E-state index contributed by atoms with van der Waals surface area (Å²) in [6.07, 6.45) is -4.42. The molecular weight excluding hydrogens is 269 g/mol. The SMILES string of the molecule is Cc1cc(C(F)(F)F)nc(N2CCNCC2)n1.Cl. The van der Waals surface area contributed by atoms with Crippen molar-refractivity contribution in [1.82, 2.24) is 15.3 Å². The number of hydrogen-bond acceptors (Lipinski definition) is 4. The first kappa shape index (κ1) is 15.0. The highest BCUT2D eigenvalue weighted by atomic mass is 35.5. The van der Waals surface area contributed by atoms with Gasteiger partial charge in [0.1, 0.15) is 5.69 Å². The zero-order valence-electron chi connectivity index (χ0n) is 9.79. The topological polar surface area (TPSA) is 41.1 Å². The van der Waals surface area contributed by atoms with Crippen LogP contribution in [0.5, 0.6) is 0 Å². The Morgan fingerprint density at radius 2 is 1.83 bits per heavy atom. The Labute approximate surface area is 109 Å². The van der Waals surface area contributed by atoms with Gasteiger partial charge in [0.2, 0.25) is 5.95 Å². The predicted octanol–water partition coefficient (Wildman–Crippen LogP) is 1.64. The Morgan fingerprint density at radius 3 is 2.39 bits per heavy atom. The number of aromatic nitrogens is 2. The summed E-state index contributed by atoms with van der Waals surface area (Å²) in [5, 5.41) is 3.12. The van der Waals surface area contributed by atoms with Gasteiger partial charge in [-0.3, -0.25) is 0 Å². The molecule has 1 fully saturated rings. The first-order chi connectivity index (χ1) is 7.97. The summed E-state index contributed by atoms with van der Waals surface area (Å²) in [7, 11) is 0. The predicted molar refractivity (Wildman–Crippen MR) is 64.1 cm³/mol. The molecule has 0 saturated carbocycles. The largest absolute Gasteiger partial charge is 0.433 e. The second-order valence-corrected chi connectivity index (χ2v) is 3.93. The third-order valence-electron chi connectivity index (χ3n) is 2.53. The normalized spacial score (nSPS) is 16.3. The Bertz CT molecular complexity index is 405. The van der Waals surface area contributed by atoms with E-state index in [1.165, 1.54) is 0 Å². The minimum atomic E-state index is -4.42. The van der Waals surface area contributed by atoms with Crippen LogP contribution >= 0.6 is 12.4 Å². The molecule has 0 unspecified atom stereocenters. The van der Waals surface area contributed by atoms with E-state index >= 15 is 0 Å². The van der Waals surface area contributed by atoms with Gasteiger partial charge in [-0.05, 0) is 13.0 Å². The summed E-state index contributed by atoms with van der Waals surface area (Å²) in [6.45, 7) is 4.27. The molecule has 4 nitrogen and oxygen atoms in total. The van der Waals surface area contributed by atoms with Crippen LogP contribution in [-0.2, 0) is 6.18 Å². The molecule has 0 atom stereocenters. The summed E-state index contributed by atoms with van der Waals surface area (Å²) < 4.78 is 37.8. The second kappa shape index (κ2) is 5.71. The van der Waals surface area contributed by atoms with Crippen LogP contribution in [0.25, 0.3) is 0 Å². The fourth-order valence-corrected chi connectivity index (χ4v) is 1.70. The average Bonchev–Trinajstić information content (AvgIpc) is 2.28. The Kier molecular flexibility index (Phi) is 4.75. The van der Waals surface area contributed by atoms with Crippen molar-refractivity contribution in [1.29, 1.82) is 0 Å². The van der Waals surface area contributed by atoms with Crippen molar-refractivity contribution in [2.75, 3.05) is 31.1 Å². The number of hydrogen-bond donors (Lipinski definition) is 1. The van der Waals surface area contributed by atoms with Crippen LogP contribution in [0.15, 0.2) is 6.07 Å². The molecule has 1 aromatic heterocycles. The molecule has 1 aliphatic heterocycles. The Hall–Kier alpha value is -1.08. The monoisotopic (exact) mass is 282 g/mol. The average molecular weight is 283 g/mol. The van der Waals surface area contributed by atoms with E-state index in [0.29, 0.717) is 18.8 Å². The minimum Gasteiger partial charge on any atom is -0.338 e. The van der Waals surface area contributed by atoms with E-state index in [9.17, 15) is 13.2 Å². The lowest BCUT2D eigenvalue weighted by molar-refractivity contribution is -0.141. The summed E-state index contributed by atoms with van der Waals surface area (Å²) in [5.74, 6) is 0.166. The van der Waals surface area contributed by atoms with Crippen LogP contribution in [0.4, 0.5) is 19.1 Å². The maximum atomic E-state index is 12.6. The molecule has 0 amide bonds. The molecule has 1 N–H and O–H groups in total. The lowest BCUT2D eigenvalue weighted by atomic mass is 10.3. The number of rotatable bonds is 1. The van der Waals surface area contributed by atoms with Gasteiger partial charge in [0.25, 0.3) is 0 Å². The van der Waals surface area contributed by atoms with Crippen molar-refractivity contribution >= 4 is 18.4 Å². The second-order valence-electron chi connectivity index (χ2n) is 3.93. The van der Waals surface area contributed by atoms with Gasteiger partial charge in [-0.25, -0.2) is 9.97 Å².